The lowest BCUT2D eigenvalue weighted by Gasteiger charge is -2.23. The van der Waals surface area contributed by atoms with Gasteiger partial charge in [0.1, 0.15) is 19.0 Å². The Morgan fingerprint density at radius 3 is 2.08 bits per heavy atom. The fourth-order valence-electron chi connectivity index (χ4n) is 7.09. The molecule has 4 aliphatic rings. The Balaban J connectivity index is 1.000. The highest BCUT2D eigenvalue weighted by atomic mass is 31.2. The van der Waals surface area contributed by atoms with Crippen LogP contribution in [-0.4, -0.2) is 75.0 Å². The van der Waals surface area contributed by atoms with E-state index in [1.165, 1.54) is 14.2 Å². The number of carbonyl (C=O) groups excluding carboxylic acids is 2. The van der Waals surface area contributed by atoms with E-state index in [2.05, 4.69) is 10.3 Å². The van der Waals surface area contributed by atoms with Crippen LogP contribution in [0.4, 0.5) is 22.7 Å². The molecule has 4 aromatic rings. The normalized spacial score (nSPS) is 19.4. The fourth-order valence-corrected chi connectivity index (χ4v) is 8.08. The molecule has 4 aliphatic heterocycles. The molecule has 4 heterocycles. The Morgan fingerprint density at radius 2 is 1.40 bits per heavy atom. The first kappa shape index (κ1) is 31.9. The van der Waals surface area contributed by atoms with Gasteiger partial charge >= 0.3 is 0 Å². The van der Waals surface area contributed by atoms with Crippen LogP contribution in [0.25, 0.3) is 0 Å². The number of hydrogen-bond acceptors (Lipinski definition) is 10. The monoisotopic (exact) mass is 694 g/mol. The molecular formula is C37H35N4O8P. The largest absolute Gasteiger partial charge is 0.493 e. The molecule has 256 valence electrons. The Hall–Kier alpha value is -5.32. The van der Waals surface area contributed by atoms with Gasteiger partial charge in [-0.05, 0) is 41.8 Å². The van der Waals surface area contributed by atoms with Crippen molar-refractivity contribution >= 4 is 47.9 Å². The highest BCUT2D eigenvalue weighted by Crippen LogP contribution is 2.48. The highest BCUT2D eigenvalue weighted by Gasteiger charge is 2.39. The predicted molar refractivity (Wildman–Crippen MR) is 190 cm³/mol. The van der Waals surface area contributed by atoms with Crippen LogP contribution in [0.15, 0.2) is 77.8 Å². The van der Waals surface area contributed by atoms with Gasteiger partial charge in [-0.25, -0.2) is 0 Å². The van der Waals surface area contributed by atoms with Gasteiger partial charge < -0.3 is 38.8 Å². The maximum atomic E-state index is 13.9. The topological polar surface area (TPSA) is 139 Å². The number of nitrogens with zero attached hydrogens (tertiary/aromatic N) is 3. The Morgan fingerprint density at radius 1 is 0.800 bits per heavy atom. The third-order valence-corrected chi connectivity index (χ3v) is 11.4. The maximum Gasteiger partial charge on any atom is 0.261 e. The molecule has 0 saturated heterocycles. The first-order valence-electron chi connectivity index (χ1n) is 16.3. The quantitative estimate of drug-likeness (QED) is 0.212. The second-order valence-electron chi connectivity index (χ2n) is 12.7. The van der Waals surface area contributed by atoms with E-state index in [0.29, 0.717) is 35.5 Å². The van der Waals surface area contributed by atoms with Crippen molar-refractivity contribution in [2.75, 3.05) is 54.9 Å². The zero-order valence-corrected chi connectivity index (χ0v) is 28.4. The lowest BCUT2D eigenvalue weighted by atomic mass is 10.1. The summed E-state index contributed by atoms with van der Waals surface area (Å²) in [6.07, 6.45) is 1.73. The second kappa shape index (κ2) is 12.5. The van der Waals surface area contributed by atoms with Crippen LogP contribution in [0.5, 0.6) is 23.0 Å². The summed E-state index contributed by atoms with van der Waals surface area (Å²) in [5.74, 6) is 0.677. The molecular weight excluding hydrogens is 659 g/mol. The van der Waals surface area contributed by atoms with E-state index in [1.807, 2.05) is 53.4 Å². The summed E-state index contributed by atoms with van der Waals surface area (Å²) in [7, 11) is -0.586. The van der Waals surface area contributed by atoms with Gasteiger partial charge in [-0.3, -0.25) is 19.5 Å². The van der Waals surface area contributed by atoms with Gasteiger partial charge in [0, 0.05) is 42.7 Å². The van der Waals surface area contributed by atoms with Gasteiger partial charge in [-0.1, -0.05) is 36.4 Å². The number of rotatable bonds is 9. The number of carbonyl (C=O) groups is 2. The number of aliphatic hydroxyl groups excluding tert-OH is 1. The molecule has 4 aromatic carbocycles. The number of anilines is 3. The average Bonchev–Trinajstić information content (AvgIpc) is 3.64. The van der Waals surface area contributed by atoms with Crippen LogP contribution in [0.2, 0.25) is 0 Å². The molecule has 0 fully saturated rings. The molecule has 0 bridgehead atoms. The van der Waals surface area contributed by atoms with Crippen LogP contribution >= 0.6 is 7.14 Å². The van der Waals surface area contributed by atoms with Gasteiger partial charge in [0.2, 0.25) is 0 Å². The Bertz CT molecular complexity index is 2120. The lowest BCUT2D eigenvalue weighted by Crippen LogP contribution is -2.39. The van der Waals surface area contributed by atoms with E-state index in [1.54, 1.807) is 35.4 Å². The number of para-hydroxylation sites is 2. The summed E-state index contributed by atoms with van der Waals surface area (Å²) < 4.78 is 37.0. The predicted octanol–water partition coefficient (Wildman–Crippen LogP) is 5.67. The standard InChI is InChI=1S/C37H35N4O8P/c1-46-32-13-26-28(38-17-24-11-22-7-3-5-9-30(22)40(24)36(26)43)15-34(32)48-20-50(45,19-42)21-49-35-16-29-27(14-33(35)47-2)37(44)41-25(18-39-29)12-23-8-4-6-10-31(23)41/h3-10,13-17,24-25,39,42H,11-12,18-21H2,1-2H3/t24-,25-,50?/m0/s1. The summed E-state index contributed by atoms with van der Waals surface area (Å²) in [6, 6.07) is 21.9. The summed E-state index contributed by atoms with van der Waals surface area (Å²) in [5.41, 5.74) is 5.71. The number of ether oxygens (including phenoxy) is 4. The summed E-state index contributed by atoms with van der Waals surface area (Å²) in [6.45, 7) is 0.534. The minimum absolute atomic E-state index is 0.0444. The van der Waals surface area contributed by atoms with Crippen LogP contribution in [0, 0.1) is 0 Å². The smallest absolute Gasteiger partial charge is 0.261 e. The van der Waals surface area contributed by atoms with Gasteiger partial charge in [-0.15, -0.1) is 0 Å². The fraction of sp³-hybridized carbons (Fsp3) is 0.270. The van der Waals surface area contributed by atoms with Crippen molar-refractivity contribution < 1.29 is 38.2 Å². The molecule has 8 rings (SSSR count). The molecule has 0 saturated carbocycles. The van der Waals surface area contributed by atoms with E-state index in [0.717, 1.165) is 28.9 Å². The van der Waals surface area contributed by atoms with Gasteiger partial charge in [0.15, 0.2) is 30.1 Å². The highest BCUT2D eigenvalue weighted by molar-refractivity contribution is 7.63. The zero-order valence-electron chi connectivity index (χ0n) is 27.5. The van der Waals surface area contributed by atoms with E-state index in [-0.39, 0.29) is 59.6 Å². The van der Waals surface area contributed by atoms with Crippen molar-refractivity contribution in [2.45, 2.75) is 24.9 Å². The van der Waals surface area contributed by atoms with Crippen molar-refractivity contribution in [2.24, 2.45) is 4.99 Å². The number of fused-ring (bicyclic) bond motifs is 8. The van der Waals surface area contributed by atoms with Crippen molar-refractivity contribution in [3.63, 3.8) is 0 Å². The van der Waals surface area contributed by atoms with E-state index in [9.17, 15) is 19.3 Å². The molecule has 0 aliphatic carbocycles. The number of nitrogens with one attached hydrogen (secondary N) is 1. The van der Waals surface area contributed by atoms with Gasteiger partial charge in [-0.2, -0.15) is 0 Å². The molecule has 0 aromatic heterocycles. The van der Waals surface area contributed by atoms with E-state index in [4.69, 9.17) is 18.9 Å². The maximum absolute atomic E-state index is 13.9. The minimum atomic E-state index is -3.50. The lowest BCUT2D eigenvalue weighted by molar-refractivity contribution is 0.0977. The zero-order chi connectivity index (χ0) is 34.6. The molecule has 2 amide bonds. The molecule has 1 unspecified atom stereocenters. The average molecular weight is 695 g/mol. The molecule has 12 nitrogen and oxygen atoms in total. The van der Waals surface area contributed by atoms with Gasteiger partial charge in [0.25, 0.3) is 11.8 Å². The van der Waals surface area contributed by atoms with Crippen LogP contribution in [-0.2, 0) is 17.4 Å². The van der Waals surface area contributed by atoms with Crippen molar-refractivity contribution in [1.82, 2.24) is 0 Å². The van der Waals surface area contributed by atoms with Crippen LogP contribution in [0.3, 0.4) is 0 Å². The number of benzene rings is 4. The van der Waals surface area contributed by atoms with Gasteiger partial charge in [0.05, 0.1) is 48.8 Å². The SMILES string of the molecule is COc1cc2c(cc1OCP(=O)(CO)COc1cc3c(cc1OC)C(=O)N1c4ccccc4C[C@H]1CN3)N=C[C@@H]1Cc3ccccc3N1C2=O. The third-order valence-electron chi connectivity index (χ3n) is 9.65. The number of methoxy groups -OCH3 is 2. The molecule has 0 spiro atoms. The van der Waals surface area contributed by atoms with E-state index >= 15 is 0 Å². The van der Waals surface area contributed by atoms with E-state index < -0.39 is 13.5 Å². The summed E-state index contributed by atoms with van der Waals surface area (Å²) >= 11 is 0. The molecule has 13 heteroatoms. The summed E-state index contributed by atoms with van der Waals surface area (Å²) in [5, 5.41) is 13.6. The minimum Gasteiger partial charge on any atom is -0.493 e. The first-order valence-corrected chi connectivity index (χ1v) is 18.6. The molecule has 3 atom stereocenters. The van der Waals surface area contributed by atoms with Crippen molar-refractivity contribution in [3.8, 4) is 23.0 Å². The Kier molecular flexibility index (Phi) is 8.00. The van der Waals surface area contributed by atoms with Crippen LogP contribution in [0.1, 0.15) is 31.8 Å². The molecule has 2 N–H and O–H groups in total. The number of aliphatic imine (C=N–C) groups is 1. The Labute approximate surface area is 288 Å². The van der Waals surface area contributed by atoms with Crippen LogP contribution < -0.4 is 34.1 Å². The molecule has 50 heavy (non-hydrogen) atoms. The number of aliphatic hydroxyl groups is 1. The number of amides is 2. The van der Waals surface area contributed by atoms with Crippen molar-refractivity contribution in [1.29, 1.82) is 0 Å². The third kappa shape index (κ3) is 5.35. The molecule has 0 radical (unpaired) electrons. The number of hydrogen-bond donors (Lipinski definition) is 2. The van der Waals surface area contributed by atoms with Crippen molar-refractivity contribution in [3.05, 3.63) is 95.1 Å². The first-order chi connectivity index (χ1) is 24.3. The summed E-state index contributed by atoms with van der Waals surface area (Å²) in [4.78, 5) is 35.7. The second-order valence-corrected chi connectivity index (χ2v) is 15.6.